The Labute approximate surface area is 201 Å². The number of fused-ring (bicyclic) bond motifs is 1. The van der Waals surface area contributed by atoms with Crippen molar-refractivity contribution in [3.63, 3.8) is 0 Å². The lowest BCUT2D eigenvalue weighted by Crippen LogP contribution is -2.12. The maximum atomic E-state index is 13.9. The Bertz CT molecular complexity index is 1500. The molecule has 0 bridgehead atoms. The van der Waals surface area contributed by atoms with E-state index in [-0.39, 0.29) is 23.3 Å². The Hall–Kier alpha value is -3.36. The largest absolute Gasteiger partial charge is 0.494 e. The summed E-state index contributed by atoms with van der Waals surface area (Å²) in [7, 11) is -4.08. The molecule has 1 aromatic heterocycles. The van der Waals surface area contributed by atoms with E-state index in [1.807, 2.05) is 6.92 Å². The quantitative estimate of drug-likeness (QED) is 0.332. The summed E-state index contributed by atoms with van der Waals surface area (Å²) in [6, 6.07) is 15.3. The van der Waals surface area contributed by atoms with Crippen LogP contribution in [0.25, 0.3) is 22.0 Å². The Morgan fingerprint density at radius 2 is 1.91 bits per heavy atom. The minimum Gasteiger partial charge on any atom is -0.494 e. The Morgan fingerprint density at radius 3 is 2.62 bits per heavy atom. The molecule has 1 heterocycles. The zero-order valence-corrected chi connectivity index (χ0v) is 19.7. The predicted octanol–water partition coefficient (Wildman–Crippen LogP) is 5.75. The molecule has 0 atom stereocenters. The molecule has 0 saturated carbocycles. The first kappa shape index (κ1) is 23.8. The standard InChI is InChI=1S/C25H21ClFNO5S/c1-2-33-19-8-9-21(23(26)14-19)16-4-3-5-20(12-16)34(31,32)28-15-17(6-11-25(29)30)22-13-18(27)7-10-24(22)28/h3-5,7-10,12-15H,2,6,11H2,1H3,(H,29,30). The summed E-state index contributed by atoms with van der Waals surface area (Å²) in [5.74, 6) is -0.952. The summed E-state index contributed by atoms with van der Waals surface area (Å²) in [6.45, 7) is 2.36. The molecule has 1 N–H and O–H groups in total. The van der Waals surface area contributed by atoms with Gasteiger partial charge in [0.2, 0.25) is 0 Å². The Kier molecular flexibility index (Phi) is 6.63. The van der Waals surface area contributed by atoms with Crippen LogP contribution in [0.1, 0.15) is 18.9 Å². The van der Waals surface area contributed by atoms with Gasteiger partial charge >= 0.3 is 5.97 Å². The number of aromatic nitrogens is 1. The molecule has 3 aromatic carbocycles. The second kappa shape index (κ2) is 9.48. The van der Waals surface area contributed by atoms with Gasteiger partial charge in [0.1, 0.15) is 11.6 Å². The molecule has 176 valence electrons. The summed E-state index contributed by atoms with van der Waals surface area (Å²) in [6.07, 6.45) is 1.22. The molecule has 4 aromatic rings. The van der Waals surface area contributed by atoms with Crippen LogP contribution < -0.4 is 4.74 Å². The number of hydrogen-bond donors (Lipinski definition) is 1. The fourth-order valence-electron chi connectivity index (χ4n) is 3.80. The third-order valence-corrected chi connectivity index (χ3v) is 7.36. The van der Waals surface area contributed by atoms with Crippen molar-refractivity contribution in [2.24, 2.45) is 0 Å². The normalized spacial score (nSPS) is 11.6. The van der Waals surface area contributed by atoms with Crippen molar-refractivity contribution in [1.29, 1.82) is 0 Å². The lowest BCUT2D eigenvalue weighted by molar-refractivity contribution is -0.136. The van der Waals surface area contributed by atoms with Gasteiger partial charge in [-0.15, -0.1) is 0 Å². The monoisotopic (exact) mass is 501 g/mol. The maximum Gasteiger partial charge on any atom is 0.303 e. The Morgan fingerprint density at radius 1 is 1.12 bits per heavy atom. The number of aliphatic carboxylic acids is 1. The number of halogens is 2. The summed E-state index contributed by atoms with van der Waals surface area (Å²) >= 11 is 6.42. The van der Waals surface area contributed by atoms with Crippen LogP contribution in [0.5, 0.6) is 5.75 Å². The minimum absolute atomic E-state index is 0.0148. The molecule has 0 fully saturated rings. The van der Waals surface area contributed by atoms with Crippen molar-refractivity contribution in [1.82, 2.24) is 3.97 Å². The van der Waals surface area contributed by atoms with Crippen LogP contribution in [-0.2, 0) is 21.2 Å². The van der Waals surface area contributed by atoms with Gasteiger partial charge in [0.25, 0.3) is 10.0 Å². The van der Waals surface area contributed by atoms with Gasteiger partial charge in [0.15, 0.2) is 0 Å². The molecule has 0 amide bonds. The molecule has 6 nitrogen and oxygen atoms in total. The molecule has 4 rings (SSSR count). The highest BCUT2D eigenvalue weighted by Crippen LogP contribution is 2.34. The molecule has 9 heteroatoms. The van der Waals surface area contributed by atoms with E-state index in [0.29, 0.717) is 39.5 Å². The molecule has 34 heavy (non-hydrogen) atoms. The van der Waals surface area contributed by atoms with Crippen LogP contribution in [0.3, 0.4) is 0 Å². The summed E-state index contributed by atoms with van der Waals surface area (Å²) in [5.41, 5.74) is 1.95. The number of aryl methyl sites for hydroxylation is 1. The number of hydrogen-bond acceptors (Lipinski definition) is 4. The van der Waals surface area contributed by atoms with Gasteiger partial charge in [-0.1, -0.05) is 23.7 Å². The van der Waals surface area contributed by atoms with Gasteiger partial charge in [0, 0.05) is 23.6 Å². The zero-order chi connectivity index (χ0) is 24.5. The lowest BCUT2D eigenvalue weighted by Gasteiger charge is -2.11. The van der Waals surface area contributed by atoms with Crippen LogP contribution >= 0.6 is 11.6 Å². The molecular formula is C25H21ClFNO5S. The van der Waals surface area contributed by atoms with Crippen LogP contribution in [0.4, 0.5) is 4.39 Å². The van der Waals surface area contributed by atoms with Gasteiger partial charge in [-0.05, 0) is 73.0 Å². The first-order chi connectivity index (χ1) is 16.2. The van der Waals surface area contributed by atoms with Gasteiger partial charge in [-0.3, -0.25) is 4.79 Å². The maximum absolute atomic E-state index is 13.9. The number of carboxylic acids is 1. The van der Waals surface area contributed by atoms with E-state index in [1.165, 1.54) is 36.5 Å². The van der Waals surface area contributed by atoms with E-state index < -0.39 is 21.8 Å². The van der Waals surface area contributed by atoms with Gasteiger partial charge in [-0.2, -0.15) is 0 Å². The lowest BCUT2D eigenvalue weighted by atomic mass is 10.1. The van der Waals surface area contributed by atoms with Crippen LogP contribution in [0.2, 0.25) is 5.02 Å². The van der Waals surface area contributed by atoms with Crippen molar-refractivity contribution < 1.29 is 27.4 Å². The fourth-order valence-corrected chi connectivity index (χ4v) is 5.52. The third-order valence-electron chi connectivity index (χ3n) is 5.38. The molecule has 0 unspecified atom stereocenters. The van der Waals surface area contributed by atoms with E-state index in [2.05, 4.69) is 0 Å². The van der Waals surface area contributed by atoms with Crippen LogP contribution in [-0.4, -0.2) is 30.1 Å². The van der Waals surface area contributed by atoms with E-state index in [1.54, 1.807) is 30.3 Å². The van der Waals surface area contributed by atoms with Gasteiger partial charge in [0.05, 0.1) is 22.0 Å². The average Bonchev–Trinajstić information content (AvgIpc) is 3.16. The third kappa shape index (κ3) is 4.64. The second-order valence-electron chi connectivity index (χ2n) is 7.61. The van der Waals surface area contributed by atoms with Crippen molar-refractivity contribution in [3.05, 3.63) is 83.3 Å². The van der Waals surface area contributed by atoms with Crippen molar-refractivity contribution in [2.45, 2.75) is 24.7 Å². The molecule has 0 saturated heterocycles. The van der Waals surface area contributed by atoms with Gasteiger partial charge < -0.3 is 9.84 Å². The molecule has 0 spiro atoms. The highest BCUT2D eigenvalue weighted by atomic mass is 35.5. The topological polar surface area (TPSA) is 85.6 Å². The number of benzene rings is 3. The van der Waals surface area contributed by atoms with Crippen LogP contribution in [0.15, 0.2) is 71.8 Å². The van der Waals surface area contributed by atoms with Gasteiger partial charge in [-0.25, -0.2) is 16.8 Å². The smallest absolute Gasteiger partial charge is 0.303 e. The number of nitrogens with zero attached hydrogens (tertiary/aromatic N) is 1. The first-order valence-electron chi connectivity index (χ1n) is 10.5. The fraction of sp³-hybridized carbons (Fsp3) is 0.160. The zero-order valence-electron chi connectivity index (χ0n) is 18.2. The van der Waals surface area contributed by atoms with Crippen molar-refractivity contribution in [2.75, 3.05) is 6.61 Å². The van der Waals surface area contributed by atoms with E-state index in [0.717, 1.165) is 3.97 Å². The van der Waals surface area contributed by atoms with Crippen molar-refractivity contribution in [3.8, 4) is 16.9 Å². The average molecular weight is 502 g/mol. The first-order valence-corrected chi connectivity index (χ1v) is 12.3. The van der Waals surface area contributed by atoms with E-state index in [4.69, 9.17) is 21.4 Å². The molecule has 0 radical (unpaired) electrons. The highest BCUT2D eigenvalue weighted by molar-refractivity contribution is 7.90. The van der Waals surface area contributed by atoms with Crippen molar-refractivity contribution >= 4 is 38.5 Å². The number of carboxylic acid groups (broad SMARTS) is 1. The minimum atomic E-state index is -4.08. The molecule has 0 aliphatic carbocycles. The SMILES string of the molecule is CCOc1ccc(-c2cccc(S(=O)(=O)n3cc(CCC(=O)O)c4cc(F)ccc43)c2)c(Cl)c1. The molecule has 0 aliphatic heterocycles. The highest BCUT2D eigenvalue weighted by Gasteiger charge is 2.23. The summed E-state index contributed by atoms with van der Waals surface area (Å²) in [5, 5.41) is 9.81. The predicted molar refractivity (Wildman–Crippen MR) is 128 cm³/mol. The van der Waals surface area contributed by atoms with E-state index in [9.17, 15) is 17.6 Å². The second-order valence-corrected chi connectivity index (χ2v) is 9.84. The molecular weight excluding hydrogens is 481 g/mol. The Balaban J connectivity index is 1.80. The van der Waals surface area contributed by atoms with Crippen LogP contribution in [0, 0.1) is 5.82 Å². The number of ether oxygens (including phenoxy) is 1. The summed E-state index contributed by atoms with van der Waals surface area (Å²) in [4.78, 5) is 11.1. The molecule has 0 aliphatic rings. The number of rotatable bonds is 8. The van der Waals surface area contributed by atoms with E-state index >= 15 is 0 Å². The number of carbonyl (C=O) groups is 1. The summed E-state index contributed by atoms with van der Waals surface area (Å²) < 4.78 is 47.6.